The number of ether oxygens (including phenoxy) is 3. The van der Waals surface area contributed by atoms with Crippen molar-refractivity contribution in [1.29, 1.82) is 0 Å². The lowest BCUT2D eigenvalue weighted by atomic mass is 9.77. The highest BCUT2D eigenvalue weighted by molar-refractivity contribution is 6.29. The molecule has 1 spiro atoms. The van der Waals surface area contributed by atoms with Crippen molar-refractivity contribution in [2.75, 3.05) is 47.0 Å². The summed E-state index contributed by atoms with van der Waals surface area (Å²) < 4.78 is 15.6. The molecule has 1 N–H and O–H groups in total. The lowest BCUT2D eigenvalue weighted by Crippen LogP contribution is -2.51. The summed E-state index contributed by atoms with van der Waals surface area (Å²) in [5.74, 6) is -0.365. The van der Waals surface area contributed by atoms with E-state index in [0.717, 1.165) is 19.3 Å². The number of amides is 3. The molecule has 10 nitrogen and oxygen atoms in total. The van der Waals surface area contributed by atoms with Gasteiger partial charge >= 0.3 is 12.0 Å². The number of hydrogen-bond acceptors (Lipinski definition) is 7. The Morgan fingerprint density at radius 1 is 1.11 bits per heavy atom. The van der Waals surface area contributed by atoms with E-state index < -0.39 is 17.6 Å². The summed E-state index contributed by atoms with van der Waals surface area (Å²) >= 11 is 6.02. The van der Waals surface area contributed by atoms with Crippen LogP contribution in [0.1, 0.15) is 50.4 Å². The molecule has 35 heavy (non-hydrogen) atoms. The van der Waals surface area contributed by atoms with Crippen LogP contribution in [-0.2, 0) is 14.3 Å². The first-order valence-electron chi connectivity index (χ1n) is 11.7. The molecule has 11 heteroatoms. The van der Waals surface area contributed by atoms with Gasteiger partial charge in [0.15, 0.2) is 6.04 Å². The summed E-state index contributed by atoms with van der Waals surface area (Å²) in [6, 6.07) is 1.93. The number of piperidine rings is 1. The minimum Gasteiger partial charge on any atom is -0.481 e. The number of rotatable bonds is 6. The zero-order chi connectivity index (χ0) is 25.8. The first-order chi connectivity index (χ1) is 16.4. The largest absolute Gasteiger partial charge is 0.481 e. The quantitative estimate of drug-likeness (QED) is 0.462. The maximum absolute atomic E-state index is 13.0. The molecule has 1 aromatic heterocycles. The van der Waals surface area contributed by atoms with Gasteiger partial charge < -0.3 is 29.3 Å². The van der Waals surface area contributed by atoms with Crippen LogP contribution in [0.25, 0.3) is 0 Å². The molecule has 3 amide bonds. The predicted molar refractivity (Wildman–Crippen MR) is 130 cm³/mol. The summed E-state index contributed by atoms with van der Waals surface area (Å²) in [6.07, 6.45) is 2.41. The van der Waals surface area contributed by atoms with Crippen LogP contribution in [0.2, 0.25) is 5.15 Å². The number of aromatic nitrogens is 1. The van der Waals surface area contributed by atoms with E-state index in [2.05, 4.69) is 10.3 Å². The maximum Gasteiger partial charge on any atom is 0.330 e. The van der Waals surface area contributed by atoms with Crippen LogP contribution in [0.15, 0.2) is 12.1 Å². The molecular formula is C24H35ClN4O6. The van der Waals surface area contributed by atoms with E-state index in [1.54, 1.807) is 21.9 Å². The number of carbonyl (C=O) groups is 3. The molecule has 1 atom stereocenters. The standard InChI is InChI=1S/C24H35ClN4O6/c1-23(2,3)35-14-17(21(31)34-5)26-22(32)29-11-8-24(15-29)6-9-28(10-7-24)20(30)16-12-18(25)27-19(13-16)33-4/h12-13,17H,6-11,14-15H2,1-5H3,(H,26,32). The summed E-state index contributed by atoms with van der Waals surface area (Å²) in [7, 11) is 2.76. The molecule has 3 heterocycles. The van der Waals surface area contributed by atoms with Gasteiger partial charge in [-0.3, -0.25) is 4.79 Å². The number of pyridine rings is 1. The van der Waals surface area contributed by atoms with Crippen LogP contribution in [0.3, 0.4) is 0 Å². The lowest BCUT2D eigenvalue weighted by Gasteiger charge is -2.39. The van der Waals surface area contributed by atoms with E-state index in [1.165, 1.54) is 14.2 Å². The van der Waals surface area contributed by atoms with Gasteiger partial charge in [0, 0.05) is 37.8 Å². The van der Waals surface area contributed by atoms with Crippen molar-refractivity contribution >= 4 is 29.5 Å². The minimum atomic E-state index is -0.882. The molecule has 0 saturated carbocycles. The molecule has 0 aromatic carbocycles. The van der Waals surface area contributed by atoms with E-state index in [4.69, 9.17) is 25.8 Å². The molecule has 194 valence electrons. The Labute approximate surface area is 211 Å². The molecule has 3 rings (SSSR count). The van der Waals surface area contributed by atoms with Crippen molar-refractivity contribution in [3.63, 3.8) is 0 Å². The van der Waals surface area contributed by atoms with Gasteiger partial charge in [0.25, 0.3) is 5.91 Å². The molecule has 2 aliphatic heterocycles. The summed E-state index contributed by atoms with van der Waals surface area (Å²) in [6.45, 7) is 8.00. The average molecular weight is 511 g/mol. The average Bonchev–Trinajstić information content (AvgIpc) is 3.23. The van der Waals surface area contributed by atoms with Crippen molar-refractivity contribution < 1.29 is 28.6 Å². The number of urea groups is 1. The minimum absolute atomic E-state index is 0.0295. The highest BCUT2D eigenvalue weighted by atomic mass is 35.5. The van der Waals surface area contributed by atoms with Gasteiger partial charge in [0.05, 0.1) is 26.4 Å². The zero-order valence-corrected chi connectivity index (χ0v) is 21.8. The molecule has 2 fully saturated rings. The van der Waals surface area contributed by atoms with E-state index in [0.29, 0.717) is 37.6 Å². The summed E-state index contributed by atoms with van der Waals surface area (Å²) in [4.78, 5) is 45.6. The van der Waals surface area contributed by atoms with E-state index >= 15 is 0 Å². The van der Waals surface area contributed by atoms with E-state index in [1.807, 2.05) is 20.8 Å². The van der Waals surface area contributed by atoms with Gasteiger partial charge in [-0.25, -0.2) is 14.6 Å². The molecule has 2 aliphatic rings. The number of carbonyl (C=O) groups excluding carboxylic acids is 3. The highest BCUT2D eigenvalue weighted by Gasteiger charge is 2.43. The highest BCUT2D eigenvalue weighted by Crippen LogP contribution is 2.40. The summed E-state index contributed by atoms with van der Waals surface area (Å²) in [5.41, 5.74) is -0.0615. The van der Waals surface area contributed by atoms with Gasteiger partial charge in [-0.1, -0.05) is 11.6 Å². The van der Waals surface area contributed by atoms with E-state index in [-0.39, 0.29) is 29.1 Å². The molecule has 0 aliphatic carbocycles. The lowest BCUT2D eigenvalue weighted by molar-refractivity contribution is -0.146. The van der Waals surface area contributed by atoms with Gasteiger partial charge in [-0.15, -0.1) is 0 Å². The topological polar surface area (TPSA) is 110 Å². The monoisotopic (exact) mass is 510 g/mol. The fourth-order valence-corrected chi connectivity index (χ4v) is 4.67. The number of methoxy groups -OCH3 is 2. The van der Waals surface area contributed by atoms with Gasteiger partial charge in [0.1, 0.15) is 5.15 Å². The third-order valence-corrected chi connectivity index (χ3v) is 6.72. The molecular weight excluding hydrogens is 476 g/mol. The molecule has 2 saturated heterocycles. The molecule has 1 unspecified atom stereocenters. The van der Waals surface area contributed by atoms with Crippen LogP contribution >= 0.6 is 11.6 Å². The van der Waals surface area contributed by atoms with Crippen molar-refractivity contribution in [2.45, 2.75) is 51.7 Å². The number of halogens is 1. The zero-order valence-electron chi connectivity index (χ0n) is 21.1. The van der Waals surface area contributed by atoms with Crippen LogP contribution in [-0.4, -0.2) is 91.3 Å². The van der Waals surface area contributed by atoms with Crippen LogP contribution in [0, 0.1) is 5.41 Å². The Balaban J connectivity index is 1.56. The third kappa shape index (κ3) is 6.98. The number of esters is 1. The number of hydrogen-bond donors (Lipinski definition) is 1. The van der Waals surface area contributed by atoms with Crippen molar-refractivity contribution in [2.24, 2.45) is 5.41 Å². The Kier molecular flexibility index (Phi) is 8.48. The molecule has 1 aromatic rings. The number of nitrogens with zero attached hydrogens (tertiary/aromatic N) is 3. The predicted octanol–water partition coefficient (Wildman–Crippen LogP) is 2.74. The first-order valence-corrected chi connectivity index (χ1v) is 12.1. The summed E-state index contributed by atoms with van der Waals surface area (Å²) in [5, 5.41) is 2.97. The first kappa shape index (κ1) is 27.0. The number of nitrogens with one attached hydrogen (secondary N) is 1. The second-order valence-corrected chi connectivity index (χ2v) is 10.5. The smallest absolute Gasteiger partial charge is 0.330 e. The second-order valence-electron chi connectivity index (χ2n) is 10.1. The van der Waals surface area contributed by atoms with Crippen molar-refractivity contribution in [3.8, 4) is 5.88 Å². The fraction of sp³-hybridized carbons (Fsp3) is 0.667. The van der Waals surface area contributed by atoms with Crippen molar-refractivity contribution in [3.05, 3.63) is 22.8 Å². The Bertz CT molecular complexity index is 942. The second kappa shape index (κ2) is 11.0. The van der Waals surface area contributed by atoms with Crippen LogP contribution < -0.4 is 10.1 Å². The van der Waals surface area contributed by atoms with Gasteiger partial charge in [0.2, 0.25) is 5.88 Å². The third-order valence-electron chi connectivity index (χ3n) is 6.53. The van der Waals surface area contributed by atoms with Crippen LogP contribution in [0.5, 0.6) is 5.88 Å². The molecule has 0 bridgehead atoms. The van der Waals surface area contributed by atoms with Gasteiger partial charge in [-0.2, -0.15) is 0 Å². The Hall–Kier alpha value is -2.59. The normalized spacial score (nSPS) is 18.3. The SMILES string of the molecule is COC(=O)C(COC(C)(C)C)NC(=O)N1CCC2(CCN(C(=O)c3cc(Cl)nc(OC)c3)CC2)C1. The number of likely N-dealkylation sites (tertiary alicyclic amines) is 2. The Morgan fingerprint density at radius 3 is 2.31 bits per heavy atom. The van der Waals surface area contributed by atoms with Gasteiger partial charge in [-0.05, 0) is 51.5 Å². The fourth-order valence-electron chi connectivity index (χ4n) is 4.47. The Morgan fingerprint density at radius 2 is 1.74 bits per heavy atom. The van der Waals surface area contributed by atoms with E-state index in [9.17, 15) is 14.4 Å². The molecule has 0 radical (unpaired) electrons. The van der Waals surface area contributed by atoms with Crippen LogP contribution in [0.4, 0.5) is 4.79 Å². The maximum atomic E-state index is 13.0. The van der Waals surface area contributed by atoms with Crippen molar-refractivity contribution in [1.82, 2.24) is 20.1 Å².